The van der Waals surface area contributed by atoms with Gasteiger partial charge in [-0.05, 0) is 24.3 Å². The van der Waals surface area contributed by atoms with Gasteiger partial charge in [0.05, 0.1) is 24.1 Å². The van der Waals surface area contributed by atoms with Crippen LogP contribution in [0, 0.1) is 0 Å². The van der Waals surface area contributed by atoms with Crippen molar-refractivity contribution in [1.82, 2.24) is 19.5 Å². The van der Waals surface area contributed by atoms with Crippen LogP contribution in [0.15, 0.2) is 61.2 Å². The molecule has 0 spiro atoms. The number of carbonyl (C=O) groups excluding carboxylic acids is 2. The standard InChI is InChI=1S/C24H26N7O15P3/c25-14-7-3-1-5-12(14)23(32)43-18-16(9-41-48(37,38)46-49(39,40)45-47(34,35)36)42-22(31-11-30-17-20(27)28-10-29-21(17)31)19(18)44-24(33)13-6-2-4-8-15(13)26/h1-8,10-11,16,18-19,22H,9,25-26H2,(H,37,38)(H,39,40)(H2,27,28,29)(H2,34,35,36). The van der Waals surface area contributed by atoms with Crippen molar-refractivity contribution in [1.29, 1.82) is 0 Å². The zero-order valence-electron chi connectivity index (χ0n) is 24.4. The van der Waals surface area contributed by atoms with Crippen LogP contribution in [0.3, 0.4) is 0 Å². The van der Waals surface area contributed by atoms with Gasteiger partial charge in [-0.2, -0.15) is 8.62 Å². The Kier molecular flexibility index (Phi) is 10.2. The lowest BCUT2D eigenvalue weighted by Gasteiger charge is -2.25. The van der Waals surface area contributed by atoms with Crippen LogP contribution < -0.4 is 17.2 Å². The highest BCUT2D eigenvalue weighted by molar-refractivity contribution is 7.66. The average Bonchev–Trinajstić information content (AvgIpc) is 3.56. The molecule has 1 fully saturated rings. The van der Waals surface area contributed by atoms with Gasteiger partial charge < -0.3 is 51.0 Å². The number of benzene rings is 2. The lowest BCUT2D eigenvalue weighted by atomic mass is 10.1. The Labute approximate surface area is 274 Å². The van der Waals surface area contributed by atoms with Crippen molar-refractivity contribution < 1.29 is 70.2 Å². The van der Waals surface area contributed by atoms with Crippen LogP contribution in [0.1, 0.15) is 26.9 Å². The van der Waals surface area contributed by atoms with Gasteiger partial charge in [0.15, 0.2) is 29.9 Å². The number of hydrogen-bond donors (Lipinski definition) is 7. The number of nitrogen functional groups attached to an aromatic ring is 3. The first-order valence-electron chi connectivity index (χ1n) is 13.4. The molecule has 0 bridgehead atoms. The summed E-state index contributed by atoms with van der Waals surface area (Å²) >= 11 is 0. The molecule has 3 heterocycles. The molecule has 2 aromatic heterocycles. The highest BCUT2D eigenvalue weighted by Crippen LogP contribution is 2.66. The molecule has 10 N–H and O–H groups in total. The Bertz CT molecular complexity index is 2040. The molecule has 1 aliphatic rings. The maximum Gasteiger partial charge on any atom is 0.490 e. The number of para-hydroxylation sites is 2. The number of aromatic nitrogens is 4. The molecule has 2 aromatic carbocycles. The minimum absolute atomic E-state index is 0.00818. The van der Waals surface area contributed by atoms with Gasteiger partial charge in [-0.1, -0.05) is 24.3 Å². The molecule has 6 unspecified atom stereocenters. The molecule has 0 radical (unpaired) electrons. The van der Waals surface area contributed by atoms with Gasteiger partial charge in [-0.3, -0.25) is 9.09 Å². The number of phosphoric acid groups is 3. The zero-order valence-corrected chi connectivity index (χ0v) is 27.1. The van der Waals surface area contributed by atoms with E-state index in [1.807, 2.05) is 0 Å². The third-order valence-corrected chi connectivity index (χ3v) is 10.4. The molecule has 1 saturated heterocycles. The fraction of sp³-hybridized carbons (Fsp3) is 0.208. The second-order valence-electron chi connectivity index (χ2n) is 9.95. The predicted molar refractivity (Wildman–Crippen MR) is 164 cm³/mol. The van der Waals surface area contributed by atoms with Crippen molar-refractivity contribution in [2.45, 2.75) is 24.5 Å². The number of anilines is 3. The topological polar surface area (TPSA) is 343 Å². The van der Waals surface area contributed by atoms with E-state index >= 15 is 0 Å². The lowest BCUT2D eigenvalue weighted by molar-refractivity contribution is -0.0558. The molecule has 6 atom stereocenters. The average molecular weight is 745 g/mol. The van der Waals surface area contributed by atoms with E-state index in [1.165, 1.54) is 47.3 Å². The van der Waals surface area contributed by atoms with E-state index in [2.05, 4.69) is 23.6 Å². The van der Waals surface area contributed by atoms with Crippen LogP contribution in [0.25, 0.3) is 11.2 Å². The van der Waals surface area contributed by atoms with Crippen LogP contribution in [-0.2, 0) is 41.1 Å². The molecule has 5 rings (SSSR count). The first-order valence-corrected chi connectivity index (χ1v) is 17.9. The van der Waals surface area contributed by atoms with Gasteiger partial charge in [0.2, 0.25) is 0 Å². The number of hydrogen-bond acceptors (Lipinski definition) is 17. The third-order valence-electron chi connectivity index (χ3n) is 6.61. The maximum absolute atomic E-state index is 13.4. The largest absolute Gasteiger partial charge is 0.490 e. The summed E-state index contributed by atoms with van der Waals surface area (Å²) in [6, 6.07) is 11.6. The number of nitrogens with two attached hydrogens (primary N) is 3. The fourth-order valence-corrected chi connectivity index (χ4v) is 7.63. The Morgan fingerprint density at radius 1 is 0.796 bits per heavy atom. The maximum atomic E-state index is 13.4. The summed E-state index contributed by atoms with van der Waals surface area (Å²) in [7, 11) is -17.3. The van der Waals surface area contributed by atoms with Gasteiger partial charge in [0.25, 0.3) is 0 Å². The summed E-state index contributed by atoms with van der Waals surface area (Å²) in [6.45, 7) is -1.12. The summed E-state index contributed by atoms with van der Waals surface area (Å²) in [5.74, 6) is -2.14. The summed E-state index contributed by atoms with van der Waals surface area (Å²) in [5, 5.41) is 0. The van der Waals surface area contributed by atoms with E-state index in [4.69, 9.17) is 45.7 Å². The number of rotatable bonds is 12. The SMILES string of the molecule is Nc1ccccc1C(=O)OC1C(COP(=O)(O)OP(=O)(O)OP(=O)(O)O)OC(n2cnc3c(N)ncnc32)C1OC(=O)c1ccccc1N. The zero-order chi connectivity index (χ0) is 35.7. The molecule has 4 aromatic rings. The van der Waals surface area contributed by atoms with E-state index in [1.54, 1.807) is 12.1 Å². The van der Waals surface area contributed by atoms with Gasteiger partial charge in [-0.15, -0.1) is 0 Å². The Balaban J connectivity index is 1.54. The predicted octanol–water partition coefficient (Wildman–Crippen LogP) is 1.26. The molecular formula is C24H26N7O15P3. The van der Waals surface area contributed by atoms with E-state index in [9.17, 15) is 33.1 Å². The number of carbonyl (C=O) groups is 2. The molecule has 0 aliphatic carbocycles. The molecule has 25 heteroatoms. The lowest BCUT2D eigenvalue weighted by Crippen LogP contribution is -2.41. The van der Waals surface area contributed by atoms with Crippen LogP contribution >= 0.6 is 23.5 Å². The number of esters is 2. The molecule has 0 amide bonds. The van der Waals surface area contributed by atoms with Gasteiger partial charge in [0.1, 0.15) is 17.9 Å². The van der Waals surface area contributed by atoms with Crippen LogP contribution in [0.4, 0.5) is 17.2 Å². The Morgan fingerprint density at radius 2 is 1.37 bits per heavy atom. The highest BCUT2D eigenvalue weighted by Gasteiger charge is 2.52. The Hall–Kier alpha value is -4.30. The molecule has 22 nitrogen and oxygen atoms in total. The van der Waals surface area contributed by atoms with Crippen molar-refractivity contribution in [2.75, 3.05) is 23.8 Å². The van der Waals surface area contributed by atoms with Crippen molar-refractivity contribution in [2.24, 2.45) is 0 Å². The third kappa shape index (κ3) is 8.47. The van der Waals surface area contributed by atoms with Crippen molar-refractivity contribution in [3.8, 4) is 0 Å². The van der Waals surface area contributed by atoms with E-state index in [-0.39, 0.29) is 39.5 Å². The quantitative estimate of drug-likeness (QED) is 0.0609. The van der Waals surface area contributed by atoms with E-state index in [0.29, 0.717) is 0 Å². The number of phosphoric ester groups is 1. The van der Waals surface area contributed by atoms with Crippen molar-refractivity contribution >= 4 is 63.8 Å². The minimum Gasteiger partial charge on any atom is -0.452 e. The van der Waals surface area contributed by atoms with E-state index in [0.717, 1.165) is 6.33 Å². The summed E-state index contributed by atoms with van der Waals surface area (Å²) in [4.78, 5) is 76.3. The normalized spacial score (nSPS) is 21.9. The molecule has 262 valence electrons. The number of fused-ring (bicyclic) bond motifs is 1. The number of imidazole rings is 1. The van der Waals surface area contributed by atoms with Gasteiger partial charge in [-0.25, -0.2) is 38.2 Å². The summed E-state index contributed by atoms with van der Waals surface area (Å²) < 4.78 is 66.5. The van der Waals surface area contributed by atoms with E-state index < -0.39 is 66.6 Å². The highest BCUT2D eigenvalue weighted by atomic mass is 31.3. The molecule has 0 saturated carbocycles. The second-order valence-corrected chi connectivity index (χ2v) is 14.4. The number of ether oxygens (including phenoxy) is 3. The van der Waals surface area contributed by atoms with Crippen LogP contribution in [-0.4, -0.2) is 76.0 Å². The Morgan fingerprint density at radius 3 is 1.94 bits per heavy atom. The molecular weight excluding hydrogens is 719 g/mol. The smallest absolute Gasteiger partial charge is 0.452 e. The van der Waals surface area contributed by atoms with Crippen LogP contribution in [0.2, 0.25) is 0 Å². The van der Waals surface area contributed by atoms with Crippen molar-refractivity contribution in [3.05, 3.63) is 72.3 Å². The summed E-state index contributed by atoms with van der Waals surface area (Å²) in [6.07, 6.45) is -4.28. The summed E-state index contributed by atoms with van der Waals surface area (Å²) in [5.41, 5.74) is 17.7. The monoisotopic (exact) mass is 745 g/mol. The van der Waals surface area contributed by atoms with Gasteiger partial charge in [0, 0.05) is 11.4 Å². The first-order chi connectivity index (χ1) is 22.9. The van der Waals surface area contributed by atoms with Crippen LogP contribution in [0.5, 0.6) is 0 Å². The minimum atomic E-state index is -5.89. The van der Waals surface area contributed by atoms with Gasteiger partial charge >= 0.3 is 35.4 Å². The second kappa shape index (κ2) is 13.9. The molecule has 1 aliphatic heterocycles. The van der Waals surface area contributed by atoms with Crippen molar-refractivity contribution in [3.63, 3.8) is 0 Å². The first kappa shape index (κ1) is 36.0. The molecule has 49 heavy (non-hydrogen) atoms. The number of nitrogens with zero attached hydrogens (tertiary/aromatic N) is 4. The fourth-order valence-electron chi connectivity index (χ4n) is 4.60.